The predicted molar refractivity (Wildman–Crippen MR) is 127 cm³/mol. The second-order valence-corrected chi connectivity index (χ2v) is 7.11. The summed E-state index contributed by atoms with van der Waals surface area (Å²) >= 11 is 0. The number of morpholine rings is 1. The number of anilines is 2. The summed E-state index contributed by atoms with van der Waals surface area (Å²) < 4.78 is 5.21. The van der Waals surface area contributed by atoms with Crippen molar-refractivity contribution in [2.75, 3.05) is 37.0 Å². The van der Waals surface area contributed by atoms with Crippen LogP contribution >= 0.6 is 0 Å². The quantitative estimate of drug-likeness (QED) is 0.740. The van der Waals surface area contributed by atoms with Crippen molar-refractivity contribution >= 4 is 41.0 Å². The van der Waals surface area contributed by atoms with Gasteiger partial charge in [0, 0.05) is 42.3 Å². The topological polar surface area (TPSA) is 66.3 Å². The summed E-state index contributed by atoms with van der Waals surface area (Å²) in [5, 5.41) is 3.18. The van der Waals surface area contributed by atoms with E-state index in [1.54, 1.807) is 11.1 Å². The van der Waals surface area contributed by atoms with Crippen LogP contribution in [0, 0.1) is 0 Å². The minimum Gasteiger partial charge on any atom is -0.388 e. The number of benzene rings is 2. The molecular formula is C25H24N4O2. The molecular weight excluding hydrogens is 388 g/mol. The average molecular weight is 412 g/mol. The fraction of sp³-hybridized carbons (Fsp3) is 0.160. The Hall–Kier alpha value is -3.77. The van der Waals surface area contributed by atoms with Crippen LogP contribution in [0.4, 0.5) is 17.1 Å². The van der Waals surface area contributed by atoms with Gasteiger partial charge in [0.2, 0.25) is 0 Å². The summed E-state index contributed by atoms with van der Waals surface area (Å²) in [6.45, 7) is 4.83. The Kier molecular flexibility index (Phi) is 6.19. The highest BCUT2D eigenvalue weighted by Gasteiger charge is 2.20. The van der Waals surface area contributed by atoms with E-state index in [4.69, 9.17) is 9.73 Å². The van der Waals surface area contributed by atoms with E-state index in [0.29, 0.717) is 13.2 Å². The Balaban J connectivity index is 1.70. The molecule has 4 rings (SSSR count). The number of rotatable bonds is 5. The summed E-state index contributed by atoms with van der Waals surface area (Å²) in [7, 11) is 1.90. The molecule has 0 unspecified atom stereocenters. The zero-order valence-electron chi connectivity index (χ0n) is 17.4. The first-order valence-corrected chi connectivity index (χ1v) is 10.1. The van der Waals surface area contributed by atoms with E-state index in [0.717, 1.165) is 39.5 Å². The number of aliphatic imine (C=N–C) groups is 2. The third-order valence-corrected chi connectivity index (χ3v) is 5.15. The second-order valence-electron chi connectivity index (χ2n) is 7.11. The van der Waals surface area contributed by atoms with Gasteiger partial charge >= 0.3 is 0 Å². The average Bonchev–Trinajstić information content (AvgIpc) is 2.81. The predicted octanol–water partition coefficient (Wildman–Crippen LogP) is 4.40. The lowest BCUT2D eigenvalue weighted by molar-refractivity contribution is -0.125. The summed E-state index contributed by atoms with van der Waals surface area (Å²) in [4.78, 5) is 22.7. The number of carbonyl (C=O) groups excluding carboxylic acids is 1. The van der Waals surface area contributed by atoms with Crippen LogP contribution < -0.4 is 10.2 Å². The van der Waals surface area contributed by atoms with Crippen LogP contribution in [0.25, 0.3) is 5.57 Å². The molecule has 6 heteroatoms. The summed E-state index contributed by atoms with van der Waals surface area (Å²) in [5.74, 6) is -0.0281. The number of nitrogens with zero attached hydrogens (tertiary/aromatic N) is 3. The highest BCUT2D eigenvalue weighted by Crippen LogP contribution is 2.30. The zero-order valence-corrected chi connectivity index (χ0v) is 17.4. The number of nitrogens with one attached hydrogen (secondary N) is 1. The molecule has 0 bridgehead atoms. The van der Waals surface area contributed by atoms with Crippen molar-refractivity contribution in [2.45, 2.75) is 0 Å². The fourth-order valence-electron chi connectivity index (χ4n) is 3.59. The standard InChI is InChI=1S/C25H24N4O2/c1-26-16-19-6-4-8-23(18-5-3-7-21(15-18)27-2)25(19)28-20-9-11-22(12-10-20)29-13-14-31-17-24(29)30/h3-12,15-16,27H,1,13-14,17H2,2H3/b19-16-,28-25+. The molecule has 156 valence electrons. The van der Waals surface area contributed by atoms with Crippen LogP contribution in [0.15, 0.2) is 88.5 Å². The smallest absolute Gasteiger partial charge is 0.253 e. The molecule has 1 aliphatic heterocycles. The molecule has 0 atom stereocenters. The van der Waals surface area contributed by atoms with E-state index in [-0.39, 0.29) is 12.5 Å². The van der Waals surface area contributed by atoms with Gasteiger partial charge in [0.15, 0.2) is 0 Å². The van der Waals surface area contributed by atoms with Gasteiger partial charge in [0.1, 0.15) is 6.61 Å². The van der Waals surface area contributed by atoms with Crippen molar-refractivity contribution in [2.24, 2.45) is 9.98 Å². The molecule has 1 saturated heterocycles. The molecule has 1 amide bonds. The normalized spacial score (nSPS) is 18.9. The number of ether oxygens (including phenoxy) is 1. The van der Waals surface area contributed by atoms with Gasteiger partial charge in [-0.25, -0.2) is 4.99 Å². The third-order valence-electron chi connectivity index (χ3n) is 5.15. The van der Waals surface area contributed by atoms with Gasteiger partial charge in [-0.05, 0) is 48.7 Å². The largest absolute Gasteiger partial charge is 0.388 e. The SMILES string of the molecule is C=N/C=C1/C=CC=C(c2cccc(NC)c2)/C1=N/c1ccc(N2CCOCC2=O)cc1. The Morgan fingerprint density at radius 2 is 2.03 bits per heavy atom. The van der Waals surface area contributed by atoms with Crippen molar-refractivity contribution in [3.05, 3.63) is 84.1 Å². The van der Waals surface area contributed by atoms with Crippen LogP contribution in [0.1, 0.15) is 5.56 Å². The van der Waals surface area contributed by atoms with Gasteiger partial charge in [0.05, 0.1) is 18.0 Å². The van der Waals surface area contributed by atoms with Crippen molar-refractivity contribution in [3.63, 3.8) is 0 Å². The molecule has 2 aliphatic rings. The Morgan fingerprint density at radius 3 is 2.77 bits per heavy atom. The molecule has 0 spiro atoms. The van der Waals surface area contributed by atoms with E-state index in [1.165, 1.54) is 0 Å². The van der Waals surface area contributed by atoms with Gasteiger partial charge in [-0.15, -0.1) is 0 Å². The maximum Gasteiger partial charge on any atom is 0.253 e. The minimum absolute atomic E-state index is 0.0281. The molecule has 31 heavy (non-hydrogen) atoms. The summed E-state index contributed by atoms with van der Waals surface area (Å²) in [5.41, 5.74) is 6.43. The molecule has 2 aromatic rings. The highest BCUT2D eigenvalue weighted by molar-refractivity contribution is 6.34. The minimum atomic E-state index is -0.0281. The molecule has 6 nitrogen and oxygen atoms in total. The van der Waals surface area contributed by atoms with E-state index in [2.05, 4.69) is 35.2 Å². The number of allylic oxidation sites excluding steroid dienone is 5. The number of hydrogen-bond acceptors (Lipinski definition) is 5. The molecule has 1 aliphatic carbocycles. The number of carbonyl (C=O) groups is 1. The molecule has 0 radical (unpaired) electrons. The van der Waals surface area contributed by atoms with Crippen molar-refractivity contribution in [1.29, 1.82) is 0 Å². The highest BCUT2D eigenvalue weighted by atomic mass is 16.5. The molecule has 0 saturated carbocycles. The van der Waals surface area contributed by atoms with Crippen molar-refractivity contribution < 1.29 is 9.53 Å². The van der Waals surface area contributed by atoms with Crippen LogP contribution in [-0.4, -0.2) is 45.1 Å². The first-order valence-electron chi connectivity index (χ1n) is 10.1. The first kappa shape index (κ1) is 20.5. The van der Waals surface area contributed by atoms with Gasteiger partial charge in [0.25, 0.3) is 5.91 Å². The number of hydrogen-bond donors (Lipinski definition) is 1. The Morgan fingerprint density at radius 1 is 1.19 bits per heavy atom. The molecule has 1 heterocycles. The van der Waals surface area contributed by atoms with Crippen molar-refractivity contribution in [3.8, 4) is 0 Å². The number of amides is 1. The maximum absolute atomic E-state index is 12.1. The molecule has 1 fully saturated rings. The lowest BCUT2D eigenvalue weighted by atomic mass is 9.91. The van der Waals surface area contributed by atoms with E-state index in [1.807, 2.05) is 55.6 Å². The molecule has 1 N–H and O–H groups in total. The Labute approximate surface area is 182 Å². The van der Waals surface area contributed by atoms with E-state index < -0.39 is 0 Å². The molecule has 2 aromatic carbocycles. The van der Waals surface area contributed by atoms with Gasteiger partial charge < -0.3 is 15.0 Å². The van der Waals surface area contributed by atoms with Crippen LogP contribution in [0.2, 0.25) is 0 Å². The lowest BCUT2D eigenvalue weighted by Gasteiger charge is -2.26. The first-order chi connectivity index (χ1) is 15.2. The van der Waals surface area contributed by atoms with Gasteiger partial charge in [-0.3, -0.25) is 9.79 Å². The fourth-order valence-corrected chi connectivity index (χ4v) is 3.59. The summed E-state index contributed by atoms with van der Waals surface area (Å²) in [6, 6.07) is 15.9. The van der Waals surface area contributed by atoms with E-state index in [9.17, 15) is 4.79 Å². The van der Waals surface area contributed by atoms with Gasteiger partial charge in [-0.1, -0.05) is 30.4 Å². The van der Waals surface area contributed by atoms with Crippen molar-refractivity contribution in [1.82, 2.24) is 0 Å². The van der Waals surface area contributed by atoms with Gasteiger partial charge in [-0.2, -0.15) is 0 Å². The van der Waals surface area contributed by atoms with Crippen LogP contribution in [-0.2, 0) is 9.53 Å². The third kappa shape index (κ3) is 4.54. The monoisotopic (exact) mass is 412 g/mol. The second kappa shape index (κ2) is 9.36. The zero-order chi connectivity index (χ0) is 21.6. The Bertz CT molecular complexity index is 1110. The lowest BCUT2D eigenvalue weighted by Crippen LogP contribution is -2.41. The van der Waals surface area contributed by atoms with Crippen LogP contribution in [0.3, 0.4) is 0 Å². The van der Waals surface area contributed by atoms with E-state index >= 15 is 0 Å². The van der Waals surface area contributed by atoms with Crippen LogP contribution in [0.5, 0.6) is 0 Å². The molecule has 0 aromatic heterocycles. The maximum atomic E-state index is 12.1. The summed E-state index contributed by atoms with van der Waals surface area (Å²) in [6.07, 6.45) is 7.73.